The Hall–Kier alpha value is -5.28. The van der Waals surface area contributed by atoms with Crippen LogP contribution in [0, 0.1) is 0 Å². The van der Waals surface area contributed by atoms with E-state index in [4.69, 9.17) is 4.74 Å². The van der Waals surface area contributed by atoms with E-state index in [0.717, 1.165) is 39.6 Å². The van der Waals surface area contributed by atoms with Crippen LogP contribution in [-0.4, -0.2) is 11.7 Å². The minimum Gasteiger partial charge on any atom is -0.497 e. The highest BCUT2D eigenvalue weighted by Crippen LogP contribution is 2.40. The van der Waals surface area contributed by atoms with E-state index in [-0.39, 0.29) is 0 Å². The van der Waals surface area contributed by atoms with Gasteiger partial charge in [0.2, 0.25) is 0 Å². The fraction of sp³-hybridized carbons (Fsp3) is 0.0270. The number of methoxy groups -OCH3 is 1. The molecule has 0 unspecified atom stereocenters. The fourth-order valence-electron chi connectivity index (χ4n) is 5.61. The van der Waals surface area contributed by atoms with Crippen molar-refractivity contribution in [3.8, 4) is 22.6 Å². The van der Waals surface area contributed by atoms with Crippen LogP contribution >= 0.6 is 0 Å². The molecule has 0 aliphatic heterocycles. The normalized spacial score (nSPS) is 11.1. The SMILES string of the molecule is COc1cc(-c2ccc3c(c2)c2ccccc2n3-c2ccccc2)cc(N(c2ccccc2)c2ccccc2)c1. The Morgan fingerprint density at radius 1 is 0.475 bits per heavy atom. The minimum absolute atomic E-state index is 0.816. The summed E-state index contributed by atoms with van der Waals surface area (Å²) in [6, 6.07) is 53.4. The van der Waals surface area contributed by atoms with Crippen LogP contribution < -0.4 is 9.64 Å². The number of ether oxygens (including phenoxy) is 1. The van der Waals surface area contributed by atoms with E-state index in [0.29, 0.717) is 0 Å². The Morgan fingerprint density at radius 2 is 1.07 bits per heavy atom. The molecule has 0 radical (unpaired) electrons. The maximum Gasteiger partial charge on any atom is 0.121 e. The summed E-state index contributed by atoms with van der Waals surface area (Å²) < 4.78 is 8.17. The molecule has 0 N–H and O–H groups in total. The first kappa shape index (κ1) is 23.8. The van der Waals surface area contributed by atoms with Crippen LogP contribution in [0.15, 0.2) is 152 Å². The van der Waals surface area contributed by atoms with Crippen molar-refractivity contribution in [3.63, 3.8) is 0 Å². The lowest BCUT2D eigenvalue weighted by Gasteiger charge is -2.26. The van der Waals surface area contributed by atoms with Crippen LogP contribution in [0.2, 0.25) is 0 Å². The van der Waals surface area contributed by atoms with Gasteiger partial charge in [-0.25, -0.2) is 0 Å². The highest BCUT2D eigenvalue weighted by atomic mass is 16.5. The van der Waals surface area contributed by atoms with Gasteiger partial charge in [-0.2, -0.15) is 0 Å². The van der Waals surface area contributed by atoms with Crippen LogP contribution in [0.4, 0.5) is 17.1 Å². The van der Waals surface area contributed by atoms with Gasteiger partial charge in [-0.3, -0.25) is 0 Å². The number of hydrogen-bond acceptors (Lipinski definition) is 2. The topological polar surface area (TPSA) is 17.4 Å². The van der Waals surface area contributed by atoms with Crippen molar-refractivity contribution in [2.24, 2.45) is 0 Å². The molecule has 40 heavy (non-hydrogen) atoms. The van der Waals surface area contributed by atoms with Crippen LogP contribution in [0.5, 0.6) is 5.75 Å². The summed E-state index contributed by atoms with van der Waals surface area (Å²) in [7, 11) is 1.73. The van der Waals surface area contributed by atoms with E-state index < -0.39 is 0 Å². The molecule has 6 aromatic carbocycles. The molecule has 3 nitrogen and oxygen atoms in total. The molecule has 0 atom stereocenters. The van der Waals surface area contributed by atoms with Crippen molar-refractivity contribution in [1.29, 1.82) is 0 Å². The third-order valence-electron chi connectivity index (χ3n) is 7.43. The zero-order valence-electron chi connectivity index (χ0n) is 22.2. The fourth-order valence-corrected chi connectivity index (χ4v) is 5.61. The lowest BCUT2D eigenvalue weighted by atomic mass is 10.0. The third kappa shape index (κ3) is 4.18. The molecule has 0 amide bonds. The summed E-state index contributed by atoms with van der Waals surface area (Å²) in [5, 5.41) is 2.46. The Balaban J connectivity index is 1.42. The standard InChI is InChI=1S/C37H28N2O/c1-40-33-24-28(23-32(26-33)38(29-13-5-2-6-14-29)30-15-7-3-8-16-30)27-21-22-37-35(25-27)34-19-11-12-20-36(34)39(37)31-17-9-4-10-18-31/h2-26H,1H3. The van der Waals surface area contributed by atoms with E-state index in [1.165, 1.54) is 21.8 Å². The average Bonchev–Trinajstić information content (AvgIpc) is 3.36. The molecule has 0 saturated carbocycles. The van der Waals surface area contributed by atoms with Crippen molar-refractivity contribution in [1.82, 2.24) is 4.57 Å². The van der Waals surface area contributed by atoms with Gasteiger partial charge < -0.3 is 14.2 Å². The first-order chi connectivity index (χ1) is 19.8. The molecular formula is C37H28N2O. The smallest absolute Gasteiger partial charge is 0.121 e. The molecule has 192 valence electrons. The number of para-hydroxylation sites is 4. The summed E-state index contributed by atoms with van der Waals surface area (Å²) in [5.41, 5.74) is 9.02. The molecule has 1 aromatic heterocycles. The molecule has 0 fully saturated rings. The molecule has 1 heterocycles. The average molecular weight is 517 g/mol. The van der Waals surface area contributed by atoms with E-state index in [1.807, 2.05) is 12.1 Å². The van der Waals surface area contributed by atoms with Gasteiger partial charge in [0.05, 0.1) is 23.8 Å². The summed E-state index contributed by atoms with van der Waals surface area (Å²) in [5.74, 6) is 0.816. The second-order valence-electron chi connectivity index (χ2n) is 9.85. The Labute approximate surface area is 234 Å². The first-order valence-electron chi connectivity index (χ1n) is 13.5. The summed E-state index contributed by atoms with van der Waals surface area (Å²) in [6.07, 6.45) is 0. The molecule has 0 spiro atoms. The molecule has 0 bridgehead atoms. The van der Waals surface area contributed by atoms with E-state index >= 15 is 0 Å². The molecule has 0 aliphatic rings. The maximum absolute atomic E-state index is 5.83. The highest BCUT2D eigenvalue weighted by Gasteiger charge is 2.17. The van der Waals surface area contributed by atoms with Crippen molar-refractivity contribution in [2.75, 3.05) is 12.0 Å². The second-order valence-corrected chi connectivity index (χ2v) is 9.85. The zero-order valence-corrected chi connectivity index (χ0v) is 22.2. The Morgan fingerprint density at radius 3 is 1.75 bits per heavy atom. The van der Waals surface area contributed by atoms with Crippen molar-refractivity contribution in [2.45, 2.75) is 0 Å². The van der Waals surface area contributed by atoms with Crippen LogP contribution in [0.3, 0.4) is 0 Å². The number of nitrogens with zero attached hydrogens (tertiary/aromatic N) is 2. The molecule has 0 aliphatic carbocycles. The number of anilines is 3. The largest absolute Gasteiger partial charge is 0.497 e. The van der Waals surface area contributed by atoms with Crippen molar-refractivity contribution < 1.29 is 4.74 Å². The van der Waals surface area contributed by atoms with Gasteiger partial charge >= 0.3 is 0 Å². The van der Waals surface area contributed by atoms with Crippen LogP contribution in [0.25, 0.3) is 38.6 Å². The Bertz CT molecular complexity index is 1890. The molecular weight excluding hydrogens is 488 g/mol. The van der Waals surface area contributed by atoms with E-state index in [2.05, 4.69) is 149 Å². The minimum atomic E-state index is 0.816. The molecule has 7 aromatic rings. The predicted octanol–water partition coefficient (Wildman–Crippen LogP) is 9.93. The summed E-state index contributed by atoms with van der Waals surface area (Å²) in [6.45, 7) is 0. The van der Waals surface area contributed by atoms with Crippen LogP contribution in [0.1, 0.15) is 0 Å². The van der Waals surface area contributed by atoms with Gasteiger partial charge in [-0.05, 0) is 77.9 Å². The lowest BCUT2D eigenvalue weighted by molar-refractivity contribution is 0.415. The highest BCUT2D eigenvalue weighted by molar-refractivity contribution is 6.10. The predicted molar refractivity (Wildman–Crippen MR) is 167 cm³/mol. The zero-order chi connectivity index (χ0) is 26.9. The Kier molecular flexibility index (Phi) is 6.02. The van der Waals surface area contributed by atoms with Gasteiger partial charge in [0.25, 0.3) is 0 Å². The maximum atomic E-state index is 5.83. The first-order valence-corrected chi connectivity index (χ1v) is 13.5. The number of fused-ring (bicyclic) bond motifs is 3. The summed E-state index contributed by atoms with van der Waals surface area (Å²) in [4.78, 5) is 2.27. The quantitative estimate of drug-likeness (QED) is 0.219. The van der Waals surface area contributed by atoms with Gasteiger partial charge in [0.1, 0.15) is 5.75 Å². The van der Waals surface area contributed by atoms with Crippen molar-refractivity contribution in [3.05, 3.63) is 152 Å². The van der Waals surface area contributed by atoms with E-state index in [9.17, 15) is 0 Å². The van der Waals surface area contributed by atoms with E-state index in [1.54, 1.807) is 7.11 Å². The number of rotatable bonds is 6. The van der Waals surface area contributed by atoms with Gasteiger partial charge in [-0.1, -0.05) is 78.9 Å². The molecule has 7 rings (SSSR count). The molecule has 3 heteroatoms. The third-order valence-corrected chi connectivity index (χ3v) is 7.43. The number of benzene rings is 6. The van der Waals surface area contributed by atoms with Crippen molar-refractivity contribution >= 4 is 38.9 Å². The second kappa shape index (κ2) is 10.1. The lowest BCUT2D eigenvalue weighted by Crippen LogP contribution is -2.10. The van der Waals surface area contributed by atoms with Gasteiger partial charge in [0.15, 0.2) is 0 Å². The summed E-state index contributed by atoms with van der Waals surface area (Å²) >= 11 is 0. The number of aromatic nitrogens is 1. The monoisotopic (exact) mass is 516 g/mol. The van der Waals surface area contributed by atoms with Gasteiger partial charge in [-0.15, -0.1) is 0 Å². The number of hydrogen-bond donors (Lipinski definition) is 0. The van der Waals surface area contributed by atoms with Crippen LogP contribution in [-0.2, 0) is 0 Å². The molecule has 0 saturated heterocycles. The van der Waals surface area contributed by atoms with Gasteiger partial charge in [0, 0.05) is 33.9 Å².